The average molecular weight is 441 g/mol. The Morgan fingerprint density at radius 2 is 2.06 bits per heavy atom. The molecule has 8 nitrogen and oxygen atoms in total. The average Bonchev–Trinajstić information content (AvgIpc) is 3.16. The van der Waals surface area contributed by atoms with Crippen LogP contribution in [0.25, 0.3) is 5.65 Å². The molecule has 0 spiro atoms. The lowest BCUT2D eigenvalue weighted by Crippen LogP contribution is -2.47. The van der Waals surface area contributed by atoms with Crippen molar-refractivity contribution < 1.29 is 9.90 Å². The van der Waals surface area contributed by atoms with Gasteiger partial charge in [0.05, 0.1) is 36.1 Å². The molecular formula is C22H25ClN6O2. The molecule has 2 aromatic heterocycles. The second-order valence-corrected chi connectivity index (χ2v) is 7.69. The molecule has 9 heteroatoms. The van der Waals surface area contributed by atoms with Crippen molar-refractivity contribution >= 4 is 34.7 Å². The van der Waals surface area contributed by atoms with Gasteiger partial charge in [0.25, 0.3) is 5.91 Å². The van der Waals surface area contributed by atoms with Crippen molar-refractivity contribution in [3.63, 3.8) is 0 Å². The first-order valence-electron chi connectivity index (χ1n) is 10.3. The highest BCUT2D eigenvalue weighted by molar-refractivity contribution is 6.30. The zero-order valence-electron chi connectivity index (χ0n) is 17.3. The molecule has 3 aromatic rings. The number of halogens is 1. The number of carbonyl (C=O) groups excluding carboxylic acids is 1. The molecule has 3 N–H and O–H groups in total. The van der Waals surface area contributed by atoms with Crippen LogP contribution in [0.15, 0.2) is 47.6 Å². The van der Waals surface area contributed by atoms with Crippen LogP contribution >= 0.6 is 11.6 Å². The van der Waals surface area contributed by atoms with Crippen LogP contribution in [0.3, 0.4) is 0 Å². The molecule has 1 aromatic carbocycles. The second kappa shape index (κ2) is 9.36. The number of nitrogens with zero attached hydrogens (tertiary/aromatic N) is 4. The number of imidazole rings is 1. The molecule has 1 aliphatic heterocycles. The first-order chi connectivity index (χ1) is 15.1. The van der Waals surface area contributed by atoms with E-state index < -0.39 is 0 Å². The predicted molar refractivity (Wildman–Crippen MR) is 122 cm³/mol. The van der Waals surface area contributed by atoms with Gasteiger partial charge in [-0.25, -0.2) is 4.98 Å². The largest absolute Gasteiger partial charge is 0.396 e. The van der Waals surface area contributed by atoms with Gasteiger partial charge >= 0.3 is 0 Å². The van der Waals surface area contributed by atoms with E-state index in [1.165, 1.54) is 0 Å². The van der Waals surface area contributed by atoms with Crippen LogP contribution < -0.4 is 15.8 Å². The lowest BCUT2D eigenvalue weighted by Gasteiger charge is -2.30. The number of aliphatic imine (C=N–C) groups is 1. The summed E-state index contributed by atoms with van der Waals surface area (Å²) in [7, 11) is 0. The SMILES string of the molecule is CCc1nc2ccc(Cl)cn2c1C(=O)NCc1ccc(N2CCN=C(CCO)N2)cc1. The number of benzene rings is 1. The number of aliphatic hydroxyl groups is 1. The summed E-state index contributed by atoms with van der Waals surface area (Å²) in [6.07, 6.45) is 2.88. The molecule has 1 amide bonds. The number of aryl methyl sites for hydroxylation is 1. The van der Waals surface area contributed by atoms with Crippen LogP contribution in [0.2, 0.25) is 5.02 Å². The van der Waals surface area contributed by atoms with Crippen molar-refractivity contribution in [3.8, 4) is 0 Å². The van der Waals surface area contributed by atoms with E-state index in [1.54, 1.807) is 16.7 Å². The van der Waals surface area contributed by atoms with E-state index >= 15 is 0 Å². The number of anilines is 1. The van der Waals surface area contributed by atoms with E-state index in [0.717, 1.165) is 29.3 Å². The van der Waals surface area contributed by atoms with Crippen LogP contribution in [-0.2, 0) is 13.0 Å². The van der Waals surface area contributed by atoms with Crippen LogP contribution in [-0.4, -0.2) is 45.9 Å². The molecule has 0 atom stereocenters. The lowest BCUT2D eigenvalue weighted by molar-refractivity contribution is 0.0944. The maximum Gasteiger partial charge on any atom is 0.270 e. The fourth-order valence-corrected chi connectivity index (χ4v) is 3.74. The fourth-order valence-electron chi connectivity index (χ4n) is 3.58. The van der Waals surface area contributed by atoms with Crippen molar-refractivity contribution in [1.82, 2.24) is 20.1 Å². The number of amidine groups is 1. The van der Waals surface area contributed by atoms with E-state index in [9.17, 15) is 4.79 Å². The minimum Gasteiger partial charge on any atom is -0.396 e. The number of pyridine rings is 1. The Kier molecular flexibility index (Phi) is 6.39. The summed E-state index contributed by atoms with van der Waals surface area (Å²) in [6.45, 7) is 3.88. The number of nitrogens with one attached hydrogen (secondary N) is 2. The summed E-state index contributed by atoms with van der Waals surface area (Å²) in [5.41, 5.74) is 7.18. The molecule has 0 aliphatic carbocycles. The molecule has 1 aliphatic rings. The highest BCUT2D eigenvalue weighted by Crippen LogP contribution is 2.18. The molecule has 0 saturated heterocycles. The second-order valence-electron chi connectivity index (χ2n) is 7.25. The maximum absolute atomic E-state index is 12.9. The van der Waals surface area contributed by atoms with Crippen LogP contribution in [0.1, 0.15) is 35.1 Å². The van der Waals surface area contributed by atoms with E-state index in [2.05, 4.69) is 20.7 Å². The molecular weight excluding hydrogens is 416 g/mol. The monoisotopic (exact) mass is 440 g/mol. The van der Waals surface area contributed by atoms with Gasteiger partial charge in [0.2, 0.25) is 0 Å². The number of hydrogen-bond donors (Lipinski definition) is 3. The molecule has 3 heterocycles. The van der Waals surface area contributed by atoms with E-state index in [4.69, 9.17) is 16.7 Å². The van der Waals surface area contributed by atoms with Gasteiger partial charge in [0, 0.05) is 19.2 Å². The number of fused-ring (bicyclic) bond motifs is 1. The Morgan fingerprint density at radius 1 is 1.26 bits per heavy atom. The lowest BCUT2D eigenvalue weighted by atomic mass is 10.2. The van der Waals surface area contributed by atoms with Gasteiger partial charge in [-0.3, -0.25) is 24.6 Å². The Balaban J connectivity index is 1.43. The topological polar surface area (TPSA) is 94.3 Å². The van der Waals surface area contributed by atoms with Gasteiger partial charge in [-0.05, 0) is 36.2 Å². The van der Waals surface area contributed by atoms with Crippen molar-refractivity contribution in [2.75, 3.05) is 24.7 Å². The summed E-state index contributed by atoms with van der Waals surface area (Å²) in [6, 6.07) is 11.6. The van der Waals surface area contributed by atoms with Gasteiger partial charge in [0.1, 0.15) is 17.2 Å². The number of aromatic nitrogens is 2. The molecule has 0 fully saturated rings. The fraction of sp³-hybridized carbons (Fsp3) is 0.318. The number of rotatable bonds is 7. The van der Waals surface area contributed by atoms with Gasteiger partial charge < -0.3 is 10.4 Å². The first-order valence-corrected chi connectivity index (χ1v) is 10.7. The Hall–Kier alpha value is -3.10. The van der Waals surface area contributed by atoms with Crippen LogP contribution in [0.5, 0.6) is 0 Å². The minimum absolute atomic E-state index is 0.0662. The maximum atomic E-state index is 12.9. The summed E-state index contributed by atoms with van der Waals surface area (Å²) >= 11 is 6.12. The smallest absolute Gasteiger partial charge is 0.270 e. The zero-order valence-corrected chi connectivity index (χ0v) is 18.1. The quantitative estimate of drug-likeness (QED) is 0.525. The van der Waals surface area contributed by atoms with Gasteiger partial charge in [0.15, 0.2) is 0 Å². The number of amides is 1. The van der Waals surface area contributed by atoms with Crippen LogP contribution in [0.4, 0.5) is 5.69 Å². The Bertz CT molecular complexity index is 1110. The number of aliphatic hydroxyl groups excluding tert-OH is 1. The number of carbonyl (C=O) groups is 1. The summed E-state index contributed by atoms with van der Waals surface area (Å²) in [5, 5.41) is 14.7. The molecule has 31 heavy (non-hydrogen) atoms. The molecule has 0 bridgehead atoms. The van der Waals surface area contributed by atoms with Crippen molar-refractivity contribution in [3.05, 3.63) is 64.6 Å². The molecule has 162 valence electrons. The first kappa shape index (κ1) is 21.1. The van der Waals surface area contributed by atoms with Crippen molar-refractivity contribution in [2.45, 2.75) is 26.3 Å². The van der Waals surface area contributed by atoms with E-state index in [0.29, 0.717) is 42.3 Å². The van der Waals surface area contributed by atoms with Crippen molar-refractivity contribution in [1.29, 1.82) is 0 Å². The molecule has 0 radical (unpaired) electrons. The highest BCUT2D eigenvalue weighted by Gasteiger charge is 2.18. The Morgan fingerprint density at radius 3 is 2.81 bits per heavy atom. The third-order valence-electron chi connectivity index (χ3n) is 5.14. The summed E-state index contributed by atoms with van der Waals surface area (Å²) < 4.78 is 1.74. The minimum atomic E-state index is -0.182. The number of hydrogen-bond acceptors (Lipinski definition) is 6. The normalized spacial score (nSPS) is 13.8. The van der Waals surface area contributed by atoms with Crippen LogP contribution in [0, 0.1) is 0 Å². The third-order valence-corrected chi connectivity index (χ3v) is 5.37. The van der Waals surface area contributed by atoms with Gasteiger partial charge in [-0.1, -0.05) is 30.7 Å². The molecule has 4 rings (SSSR count). The molecule has 0 unspecified atom stereocenters. The highest BCUT2D eigenvalue weighted by atomic mass is 35.5. The standard InChI is InChI=1S/C22H25ClN6O2/c1-2-18-21(28-14-16(23)5-8-20(28)26-18)22(31)25-13-15-3-6-17(7-4-15)29-11-10-24-19(27-29)9-12-30/h3-8,14,30H,2,9-13H2,1H3,(H,24,27)(H,25,31). The van der Waals surface area contributed by atoms with E-state index in [-0.39, 0.29) is 12.5 Å². The Labute approximate surface area is 185 Å². The molecule has 0 saturated carbocycles. The van der Waals surface area contributed by atoms with Crippen molar-refractivity contribution in [2.24, 2.45) is 4.99 Å². The van der Waals surface area contributed by atoms with E-state index in [1.807, 2.05) is 42.3 Å². The summed E-state index contributed by atoms with van der Waals surface area (Å²) in [4.78, 5) is 21.8. The zero-order chi connectivity index (χ0) is 21.8. The van der Waals surface area contributed by atoms with Gasteiger partial charge in [-0.15, -0.1) is 0 Å². The summed E-state index contributed by atoms with van der Waals surface area (Å²) in [5.74, 6) is 0.600. The number of hydrazine groups is 1. The van der Waals surface area contributed by atoms with Gasteiger partial charge in [-0.2, -0.15) is 0 Å². The predicted octanol–water partition coefficient (Wildman–Crippen LogP) is 2.59. The third kappa shape index (κ3) is 4.65.